The highest BCUT2D eigenvalue weighted by Crippen LogP contribution is 2.29. The molecule has 2 nitrogen and oxygen atoms in total. The van der Waals surface area contributed by atoms with Crippen LogP contribution in [0, 0.1) is 0 Å². The number of hydrogen-bond donors (Lipinski definition) is 2. The first-order valence-corrected chi connectivity index (χ1v) is 4.74. The molecule has 72 valence electrons. The van der Waals surface area contributed by atoms with Gasteiger partial charge < -0.3 is 10.6 Å². The number of hydrogen-bond acceptors (Lipinski definition) is 2. The predicted octanol–water partition coefficient (Wildman–Crippen LogP) is 2.92. The zero-order valence-electron chi connectivity index (χ0n) is 8.46. The summed E-state index contributed by atoms with van der Waals surface area (Å²) in [6, 6.07) is 12.5. The molecule has 0 saturated heterocycles. The van der Waals surface area contributed by atoms with E-state index in [0.717, 1.165) is 11.4 Å². The second-order valence-electron chi connectivity index (χ2n) is 3.21. The zero-order valence-corrected chi connectivity index (χ0v) is 8.46. The van der Waals surface area contributed by atoms with E-state index >= 15 is 0 Å². The van der Waals surface area contributed by atoms with Gasteiger partial charge >= 0.3 is 0 Å². The van der Waals surface area contributed by atoms with Crippen molar-refractivity contribution in [2.24, 2.45) is 0 Å². The van der Waals surface area contributed by atoms with E-state index in [9.17, 15) is 0 Å². The minimum Gasteiger partial charge on any atom is -0.388 e. The molecule has 0 aliphatic heterocycles. The molecule has 0 fully saturated rings. The Balaban J connectivity index is 2.81. The van der Waals surface area contributed by atoms with Crippen LogP contribution in [0.25, 0.3) is 10.8 Å². The van der Waals surface area contributed by atoms with E-state index in [2.05, 4.69) is 47.0 Å². The van der Waals surface area contributed by atoms with Crippen LogP contribution >= 0.6 is 0 Å². The molecule has 0 unspecified atom stereocenters. The van der Waals surface area contributed by atoms with Crippen molar-refractivity contribution in [1.82, 2.24) is 0 Å². The summed E-state index contributed by atoms with van der Waals surface area (Å²) in [6.45, 7) is 0. The summed E-state index contributed by atoms with van der Waals surface area (Å²) in [4.78, 5) is 0. The average Bonchev–Trinajstić information content (AvgIpc) is 2.27. The lowest BCUT2D eigenvalue weighted by molar-refractivity contribution is 1.51. The molecule has 0 aromatic heterocycles. The fourth-order valence-corrected chi connectivity index (χ4v) is 1.76. The molecule has 0 heterocycles. The first-order chi connectivity index (χ1) is 6.86. The van der Waals surface area contributed by atoms with Crippen molar-refractivity contribution in [3.63, 3.8) is 0 Å². The minimum absolute atomic E-state index is 1.16. The zero-order chi connectivity index (χ0) is 9.97. The fraction of sp³-hybridized carbons (Fsp3) is 0.167. The Morgan fingerprint density at radius 3 is 1.71 bits per heavy atom. The van der Waals surface area contributed by atoms with Crippen LogP contribution in [0.1, 0.15) is 0 Å². The number of nitrogens with one attached hydrogen (secondary N) is 2. The lowest BCUT2D eigenvalue weighted by Crippen LogP contribution is -1.94. The summed E-state index contributed by atoms with van der Waals surface area (Å²) in [5.74, 6) is 0. The van der Waals surface area contributed by atoms with Gasteiger partial charge in [0.15, 0.2) is 0 Å². The Hall–Kier alpha value is -1.70. The highest BCUT2D eigenvalue weighted by Gasteiger charge is 2.02. The largest absolute Gasteiger partial charge is 0.388 e. The molecular formula is C12H14N2. The van der Waals surface area contributed by atoms with Gasteiger partial charge in [0.05, 0.1) is 0 Å². The molecule has 0 aliphatic carbocycles. The van der Waals surface area contributed by atoms with Gasteiger partial charge in [-0.25, -0.2) is 0 Å². The third-order valence-electron chi connectivity index (χ3n) is 2.44. The third kappa shape index (κ3) is 1.29. The van der Waals surface area contributed by atoms with Crippen molar-refractivity contribution in [3.05, 3.63) is 36.4 Å². The number of anilines is 2. The second kappa shape index (κ2) is 3.58. The fourth-order valence-electron chi connectivity index (χ4n) is 1.76. The van der Waals surface area contributed by atoms with Crippen LogP contribution in [0.3, 0.4) is 0 Å². The lowest BCUT2D eigenvalue weighted by Gasteiger charge is -2.10. The SMILES string of the molecule is C[15NH]c1cccc2cccc([15NH]C)c12. The molecule has 0 radical (unpaired) electrons. The van der Waals surface area contributed by atoms with Crippen LogP contribution in [0.15, 0.2) is 36.4 Å². The molecule has 2 aromatic rings. The van der Waals surface area contributed by atoms with Gasteiger partial charge in [0.2, 0.25) is 0 Å². The Morgan fingerprint density at radius 2 is 1.29 bits per heavy atom. The van der Waals surface area contributed by atoms with Crippen molar-refractivity contribution in [3.8, 4) is 0 Å². The van der Waals surface area contributed by atoms with Gasteiger partial charge in [-0.3, -0.25) is 0 Å². The molecule has 2 N–H and O–H groups in total. The quantitative estimate of drug-likeness (QED) is 0.708. The average molecular weight is 188 g/mol. The predicted molar refractivity (Wildman–Crippen MR) is 63.0 cm³/mol. The van der Waals surface area contributed by atoms with Crippen LogP contribution in [0.4, 0.5) is 11.4 Å². The topological polar surface area (TPSA) is 24.1 Å². The molecule has 2 aromatic carbocycles. The second-order valence-corrected chi connectivity index (χ2v) is 3.21. The van der Waals surface area contributed by atoms with Gasteiger partial charge in [0, 0.05) is 30.9 Å². The third-order valence-corrected chi connectivity index (χ3v) is 2.44. The highest BCUT2D eigenvalue weighted by molar-refractivity contribution is 6.02. The van der Waals surface area contributed by atoms with Crippen LogP contribution in [0.5, 0.6) is 0 Å². The van der Waals surface area contributed by atoms with Crippen LogP contribution in [0.2, 0.25) is 0 Å². The molecule has 0 atom stereocenters. The van der Waals surface area contributed by atoms with Gasteiger partial charge in [0.1, 0.15) is 0 Å². The Kier molecular flexibility index (Phi) is 2.27. The Bertz CT molecular complexity index is 410. The maximum Gasteiger partial charge on any atom is 0.0438 e. The lowest BCUT2D eigenvalue weighted by atomic mass is 10.1. The number of fused-ring (bicyclic) bond motifs is 1. The van der Waals surface area contributed by atoms with E-state index < -0.39 is 0 Å². The van der Waals surface area contributed by atoms with Crippen molar-refractivity contribution < 1.29 is 0 Å². The molecular weight excluding hydrogens is 174 g/mol. The van der Waals surface area contributed by atoms with Crippen LogP contribution in [-0.2, 0) is 0 Å². The van der Waals surface area contributed by atoms with E-state index in [1.54, 1.807) is 0 Å². The number of benzene rings is 2. The van der Waals surface area contributed by atoms with Crippen molar-refractivity contribution >= 4 is 22.1 Å². The summed E-state index contributed by atoms with van der Waals surface area (Å²) >= 11 is 0. The van der Waals surface area contributed by atoms with Crippen molar-refractivity contribution in [1.29, 1.82) is 0 Å². The summed E-state index contributed by atoms with van der Waals surface area (Å²) in [5, 5.41) is 8.91. The van der Waals surface area contributed by atoms with Crippen molar-refractivity contribution in [2.45, 2.75) is 0 Å². The van der Waals surface area contributed by atoms with Crippen LogP contribution < -0.4 is 10.6 Å². The van der Waals surface area contributed by atoms with E-state index in [0.29, 0.717) is 0 Å². The monoisotopic (exact) mass is 188 g/mol. The molecule has 0 aliphatic rings. The van der Waals surface area contributed by atoms with E-state index in [-0.39, 0.29) is 0 Å². The molecule has 0 spiro atoms. The van der Waals surface area contributed by atoms with E-state index in [4.69, 9.17) is 0 Å². The summed E-state index contributed by atoms with van der Waals surface area (Å²) in [6.07, 6.45) is 0. The summed E-state index contributed by atoms with van der Waals surface area (Å²) in [7, 11) is 3.89. The molecule has 0 amide bonds. The maximum atomic E-state index is 3.20. The summed E-state index contributed by atoms with van der Waals surface area (Å²) in [5.41, 5.74) is 2.32. The van der Waals surface area contributed by atoms with Crippen LogP contribution in [-0.4, -0.2) is 14.1 Å². The normalized spacial score (nSPS) is 10.1. The van der Waals surface area contributed by atoms with Gasteiger partial charge in [-0.05, 0) is 17.5 Å². The minimum atomic E-state index is 1.16. The maximum absolute atomic E-state index is 3.20. The van der Waals surface area contributed by atoms with Gasteiger partial charge in [-0.15, -0.1) is 0 Å². The molecule has 14 heavy (non-hydrogen) atoms. The Labute approximate surface area is 83.9 Å². The van der Waals surface area contributed by atoms with Crippen molar-refractivity contribution in [2.75, 3.05) is 24.7 Å². The van der Waals surface area contributed by atoms with Gasteiger partial charge in [0.25, 0.3) is 0 Å². The molecule has 2 heteroatoms. The number of rotatable bonds is 2. The van der Waals surface area contributed by atoms with E-state index in [1.165, 1.54) is 10.8 Å². The van der Waals surface area contributed by atoms with E-state index in [1.807, 2.05) is 14.1 Å². The first kappa shape index (κ1) is 8.88. The Morgan fingerprint density at radius 1 is 0.786 bits per heavy atom. The first-order valence-electron chi connectivity index (χ1n) is 4.74. The summed E-state index contributed by atoms with van der Waals surface area (Å²) < 4.78 is 0. The van der Waals surface area contributed by atoms with Gasteiger partial charge in [-0.2, -0.15) is 0 Å². The standard InChI is InChI=1S/C12H14N2/c1-13-10-7-3-5-9-6-4-8-11(14-2)12(9)10/h3-8,13-14H,1-2H3/i13+1,14+1. The molecule has 0 bridgehead atoms. The smallest absolute Gasteiger partial charge is 0.0438 e. The molecule has 0 saturated carbocycles. The molecule has 2 rings (SSSR count). The van der Waals surface area contributed by atoms with Gasteiger partial charge in [-0.1, -0.05) is 24.3 Å². The highest BCUT2D eigenvalue weighted by atomic mass is 15.6.